The molecule has 0 aliphatic heterocycles. The third-order valence-corrected chi connectivity index (χ3v) is 4.25. The fourth-order valence-electron chi connectivity index (χ4n) is 2.43. The number of ether oxygens (including phenoxy) is 1. The molecule has 0 aliphatic carbocycles. The molecule has 1 heterocycles. The van der Waals surface area contributed by atoms with Crippen molar-refractivity contribution in [1.82, 2.24) is 5.43 Å². The topological polar surface area (TPSA) is 101 Å². The highest BCUT2D eigenvalue weighted by molar-refractivity contribution is 6.36. The molecule has 0 bridgehead atoms. The first-order chi connectivity index (χ1) is 13.3. The first-order valence-corrected chi connectivity index (χ1v) is 8.76. The third-order valence-electron chi connectivity index (χ3n) is 3.74. The van der Waals surface area contributed by atoms with Crippen molar-refractivity contribution in [2.45, 2.75) is 6.92 Å². The minimum Gasteiger partial charge on any atom is -0.506 e. The summed E-state index contributed by atoms with van der Waals surface area (Å²) >= 11 is 11.7. The van der Waals surface area contributed by atoms with Gasteiger partial charge in [-0.1, -0.05) is 23.2 Å². The zero-order chi connectivity index (χ0) is 20.3. The predicted molar refractivity (Wildman–Crippen MR) is 107 cm³/mol. The summed E-state index contributed by atoms with van der Waals surface area (Å²) in [6.07, 6.45) is 1.21. The minimum absolute atomic E-state index is 0.0711. The van der Waals surface area contributed by atoms with E-state index in [9.17, 15) is 14.7 Å². The molecule has 2 aromatic carbocycles. The van der Waals surface area contributed by atoms with Crippen molar-refractivity contribution in [3.8, 4) is 11.5 Å². The van der Waals surface area contributed by atoms with Crippen molar-refractivity contribution >= 4 is 46.3 Å². The standard InChI is InChI=1S/C19H14Cl2N2O5/c1-10-4-18(25)28-16-7-13(2-3-14(10)16)27-9-17(24)23-22-8-11-5-12(20)6-15(21)19(11)26/h2-8,26H,9H2,1H3,(H,23,24)/b22-8-. The van der Waals surface area contributed by atoms with Crippen LogP contribution in [-0.4, -0.2) is 23.8 Å². The van der Waals surface area contributed by atoms with Crippen molar-refractivity contribution in [3.05, 3.63) is 68.0 Å². The predicted octanol–water partition coefficient (Wildman–Crippen LogP) is 3.64. The van der Waals surface area contributed by atoms with Gasteiger partial charge in [0.05, 0.1) is 11.2 Å². The van der Waals surface area contributed by atoms with Gasteiger partial charge in [-0.05, 0) is 36.8 Å². The summed E-state index contributed by atoms with van der Waals surface area (Å²) in [5.41, 5.74) is 3.20. The maximum absolute atomic E-state index is 11.9. The highest BCUT2D eigenvalue weighted by Crippen LogP contribution is 2.29. The molecule has 0 atom stereocenters. The van der Waals surface area contributed by atoms with Crippen LogP contribution < -0.4 is 15.8 Å². The Balaban J connectivity index is 1.62. The summed E-state index contributed by atoms with van der Waals surface area (Å²) in [4.78, 5) is 23.3. The lowest BCUT2D eigenvalue weighted by Crippen LogP contribution is -2.24. The first-order valence-electron chi connectivity index (χ1n) is 8.00. The van der Waals surface area contributed by atoms with E-state index in [4.69, 9.17) is 32.4 Å². The highest BCUT2D eigenvalue weighted by atomic mass is 35.5. The average molecular weight is 421 g/mol. The molecular formula is C19H14Cl2N2O5. The van der Waals surface area contributed by atoms with Crippen LogP contribution in [0, 0.1) is 6.92 Å². The zero-order valence-corrected chi connectivity index (χ0v) is 16.0. The molecule has 0 unspecified atom stereocenters. The van der Waals surface area contributed by atoms with Crippen molar-refractivity contribution in [1.29, 1.82) is 0 Å². The normalized spacial score (nSPS) is 11.1. The van der Waals surface area contributed by atoms with Crippen molar-refractivity contribution in [3.63, 3.8) is 0 Å². The van der Waals surface area contributed by atoms with E-state index in [-0.39, 0.29) is 22.9 Å². The van der Waals surface area contributed by atoms with E-state index in [1.54, 1.807) is 19.1 Å². The number of phenols is 1. The van der Waals surface area contributed by atoms with Gasteiger partial charge in [-0.25, -0.2) is 10.2 Å². The summed E-state index contributed by atoms with van der Waals surface area (Å²) in [5, 5.41) is 14.7. The molecule has 3 aromatic rings. The van der Waals surface area contributed by atoms with Crippen LogP contribution in [0.3, 0.4) is 0 Å². The van der Waals surface area contributed by atoms with Crippen LogP contribution >= 0.6 is 23.2 Å². The summed E-state index contributed by atoms with van der Waals surface area (Å²) in [5.74, 6) is -0.373. The second-order valence-electron chi connectivity index (χ2n) is 5.81. The molecule has 1 aromatic heterocycles. The highest BCUT2D eigenvalue weighted by Gasteiger charge is 2.08. The number of benzene rings is 2. The van der Waals surface area contributed by atoms with Crippen LogP contribution in [0.5, 0.6) is 11.5 Å². The maximum Gasteiger partial charge on any atom is 0.336 e. The van der Waals surface area contributed by atoms with Crippen LogP contribution in [0.4, 0.5) is 0 Å². The van der Waals surface area contributed by atoms with Gasteiger partial charge in [-0.3, -0.25) is 4.79 Å². The average Bonchev–Trinajstić information content (AvgIpc) is 2.63. The number of aromatic hydroxyl groups is 1. The van der Waals surface area contributed by atoms with Gasteiger partial charge in [0.1, 0.15) is 17.1 Å². The van der Waals surface area contributed by atoms with Crippen molar-refractivity contribution < 1.29 is 19.1 Å². The number of carbonyl (C=O) groups is 1. The smallest absolute Gasteiger partial charge is 0.336 e. The number of nitrogens with one attached hydrogen (secondary N) is 1. The molecule has 0 spiro atoms. The monoisotopic (exact) mass is 420 g/mol. The molecule has 2 N–H and O–H groups in total. The SMILES string of the molecule is Cc1cc(=O)oc2cc(OCC(=O)N/N=C\c3cc(Cl)cc(Cl)c3O)ccc12. The van der Waals surface area contributed by atoms with E-state index in [0.29, 0.717) is 16.4 Å². The Morgan fingerprint density at radius 3 is 2.86 bits per heavy atom. The quantitative estimate of drug-likeness (QED) is 0.372. The number of amides is 1. The second-order valence-corrected chi connectivity index (χ2v) is 6.66. The van der Waals surface area contributed by atoms with E-state index in [1.807, 2.05) is 0 Å². The molecule has 0 radical (unpaired) electrons. The number of rotatable bonds is 5. The Kier molecular flexibility index (Phi) is 5.87. The second kappa shape index (κ2) is 8.33. The summed E-state index contributed by atoms with van der Waals surface area (Å²) < 4.78 is 10.5. The largest absolute Gasteiger partial charge is 0.506 e. The number of fused-ring (bicyclic) bond motifs is 1. The number of phenolic OH excluding ortho intramolecular Hbond substituents is 1. The lowest BCUT2D eigenvalue weighted by molar-refractivity contribution is -0.123. The number of hydrazone groups is 1. The molecule has 0 saturated carbocycles. The summed E-state index contributed by atoms with van der Waals surface area (Å²) in [7, 11) is 0. The Labute approximate surface area is 169 Å². The van der Waals surface area contributed by atoms with Gasteiger partial charge in [0.25, 0.3) is 5.91 Å². The number of halogens is 2. The van der Waals surface area contributed by atoms with Crippen LogP contribution in [-0.2, 0) is 4.79 Å². The van der Waals surface area contributed by atoms with Gasteiger partial charge >= 0.3 is 5.63 Å². The van der Waals surface area contributed by atoms with Gasteiger partial charge in [-0.15, -0.1) is 0 Å². The minimum atomic E-state index is -0.533. The Morgan fingerprint density at radius 2 is 2.07 bits per heavy atom. The van der Waals surface area contributed by atoms with Crippen LogP contribution in [0.15, 0.2) is 50.7 Å². The number of nitrogens with zero attached hydrogens (tertiary/aromatic N) is 1. The van der Waals surface area contributed by atoms with E-state index in [2.05, 4.69) is 10.5 Å². The van der Waals surface area contributed by atoms with Crippen LogP contribution in [0.1, 0.15) is 11.1 Å². The van der Waals surface area contributed by atoms with E-state index >= 15 is 0 Å². The number of hydrogen-bond donors (Lipinski definition) is 2. The van der Waals surface area contributed by atoms with Gasteiger partial charge < -0.3 is 14.3 Å². The van der Waals surface area contributed by atoms with E-state index in [1.165, 1.54) is 30.5 Å². The molecule has 0 saturated heterocycles. The molecule has 144 valence electrons. The first kappa shape index (κ1) is 19.7. The Morgan fingerprint density at radius 1 is 1.29 bits per heavy atom. The molecule has 28 heavy (non-hydrogen) atoms. The number of hydrogen-bond acceptors (Lipinski definition) is 6. The number of carbonyl (C=O) groups excluding carboxylic acids is 1. The van der Waals surface area contributed by atoms with Gasteiger partial charge in [0, 0.05) is 28.1 Å². The molecule has 0 fully saturated rings. The molecule has 9 heteroatoms. The van der Waals surface area contributed by atoms with Gasteiger partial charge in [0.15, 0.2) is 6.61 Å². The fourth-order valence-corrected chi connectivity index (χ4v) is 2.94. The maximum atomic E-state index is 11.9. The third kappa shape index (κ3) is 4.62. The summed E-state index contributed by atoms with van der Waals surface area (Å²) in [6, 6.07) is 9.17. The fraction of sp³-hybridized carbons (Fsp3) is 0.105. The molecule has 7 nitrogen and oxygen atoms in total. The van der Waals surface area contributed by atoms with Gasteiger partial charge in [-0.2, -0.15) is 5.10 Å². The van der Waals surface area contributed by atoms with Crippen LogP contribution in [0.2, 0.25) is 10.0 Å². The Bertz CT molecular complexity index is 1140. The van der Waals surface area contributed by atoms with E-state index < -0.39 is 11.5 Å². The lowest BCUT2D eigenvalue weighted by Gasteiger charge is -2.07. The van der Waals surface area contributed by atoms with E-state index in [0.717, 1.165) is 10.9 Å². The van der Waals surface area contributed by atoms with Gasteiger partial charge in [0.2, 0.25) is 0 Å². The number of aryl methyl sites for hydroxylation is 1. The Hall–Kier alpha value is -3.03. The van der Waals surface area contributed by atoms with Crippen molar-refractivity contribution in [2.24, 2.45) is 5.10 Å². The molecule has 0 aliphatic rings. The van der Waals surface area contributed by atoms with Crippen molar-refractivity contribution in [2.75, 3.05) is 6.61 Å². The van der Waals surface area contributed by atoms with Crippen LogP contribution in [0.25, 0.3) is 11.0 Å². The molecular weight excluding hydrogens is 407 g/mol. The molecule has 1 amide bonds. The molecule has 3 rings (SSSR count). The zero-order valence-electron chi connectivity index (χ0n) is 14.5. The summed E-state index contributed by atoms with van der Waals surface area (Å²) in [6.45, 7) is 1.48. The lowest BCUT2D eigenvalue weighted by atomic mass is 10.1.